The van der Waals surface area contributed by atoms with Crippen LogP contribution in [0.2, 0.25) is 0 Å². The summed E-state index contributed by atoms with van der Waals surface area (Å²) in [5.41, 5.74) is 0. The number of carbonyl (C=O) groups excluding carboxylic acids is 1. The van der Waals surface area contributed by atoms with Crippen molar-refractivity contribution in [3.05, 3.63) is 0 Å². The van der Waals surface area contributed by atoms with E-state index in [0.717, 1.165) is 7.11 Å². The van der Waals surface area contributed by atoms with Crippen molar-refractivity contribution in [1.29, 1.82) is 0 Å². The number of methoxy groups -OCH3 is 1. The normalized spacial score (nSPS) is 15.6. The van der Waals surface area contributed by atoms with Gasteiger partial charge >= 0.3 is 5.97 Å². The molecule has 1 N–H and O–H groups in total. The van der Waals surface area contributed by atoms with E-state index in [-0.39, 0.29) is 6.42 Å². The predicted octanol–water partition coefficient (Wildman–Crippen LogP) is 0.659. The lowest BCUT2D eigenvalue weighted by atomic mass is 10.1. The number of rotatable bonds is 4. The van der Waals surface area contributed by atoms with Crippen LogP contribution in [0.1, 0.15) is 19.8 Å². The smallest absolute Gasteiger partial charge is 0.340 e. The van der Waals surface area contributed by atoms with Crippen LogP contribution in [-0.2, 0) is 9.53 Å². The summed E-state index contributed by atoms with van der Waals surface area (Å²) in [5, 5.41) is 8.92. The molecule has 1 unspecified atom stereocenters. The highest BCUT2D eigenvalue weighted by Crippen LogP contribution is 2.06. The first-order valence-corrected chi connectivity index (χ1v) is 3.51. The van der Waals surface area contributed by atoms with Gasteiger partial charge in [-0.25, -0.2) is 9.18 Å². The number of aliphatic hydroxyl groups is 1. The Hall–Kier alpha value is -0.640. The predicted molar refractivity (Wildman–Crippen MR) is 37.8 cm³/mol. The Balaban J connectivity index is 3.67. The van der Waals surface area contributed by atoms with Crippen LogP contribution in [0.15, 0.2) is 0 Å². The van der Waals surface area contributed by atoms with E-state index in [0.29, 0.717) is 6.42 Å². The zero-order chi connectivity index (χ0) is 8.85. The van der Waals surface area contributed by atoms with Crippen LogP contribution < -0.4 is 0 Å². The van der Waals surface area contributed by atoms with Crippen LogP contribution in [0.25, 0.3) is 0 Å². The summed E-state index contributed by atoms with van der Waals surface area (Å²) in [6, 6.07) is 0. The first kappa shape index (κ1) is 10.4. The zero-order valence-electron chi connectivity index (χ0n) is 6.71. The average Bonchev–Trinajstić information content (AvgIpc) is 2.02. The van der Waals surface area contributed by atoms with Crippen LogP contribution >= 0.6 is 0 Å². The molecule has 0 bridgehead atoms. The maximum absolute atomic E-state index is 12.6. The molecule has 2 atom stereocenters. The number of ether oxygens (including phenoxy) is 1. The van der Waals surface area contributed by atoms with Gasteiger partial charge in [-0.05, 0) is 6.42 Å². The summed E-state index contributed by atoms with van der Waals surface area (Å²) < 4.78 is 16.7. The van der Waals surface area contributed by atoms with E-state index in [1.807, 2.05) is 0 Å². The maximum Gasteiger partial charge on any atom is 0.340 e. The fourth-order valence-corrected chi connectivity index (χ4v) is 0.630. The Morgan fingerprint density at radius 1 is 1.73 bits per heavy atom. The minimum Gasteiger partial charge on any atom is -0.467 e. The van der Waals surface area contributed by atoms with Crippen molar-refractivity contribution in [3.8, 4) is 0 Å². The van der Waals surface area contributed by atoms with Crippen molar-refractivity contribution in [1.82, 2.24) is 0 Å². The van der Waals surface area contributed by atoms with E-state index < -0.39 is 18.2 Å². The second kappa shape index (κ2) is 5.07. The van der Waals surface area contributed by atoms with Crippen LogP contribution in [0.4, 0.5) is 4.39 Å². The molecule has 0 spiro atoms. The minimum atomic E-state index is -1.70. The van der Waals surface area contributed by atoms with Gasteiger partial charge in [0, 0.05) is 6.42 Å². The van der Waals surface area contributed by atoms with Crippen molar-refractivity contribution in [2.45, 2.75) is 32.0 Å². The molecule has 0 heterocycles. The third-order valence-electron chi connectivity index (χ3n) is 1.41. The number of hydrogen-bond acceptors (Lipinski definition) is 3. The minimum absolute atomic E-state index is 0.177. The van der Waals surface area contributed by atoms with Crippen molar-refractivity contribution >= 4 is 5.97 Å². The number of hydrogen-bond donors (Lipinski definition) is 1. The molecular formula is C7H13FO3. The molecule has 0 aliphatic carbocycles. The van der Waals surface area contributed by atoms with Gasteiger partial charge in [0.2, 0.25) is 0 Å². The molecular weight excluding hydrogens is 151 g/mol. The first-order valence-electron chi connectivity index (χ1n) is 3.51. The Labute approximate surface area is 65.2 Å². The summed E-state index contributed by atoms with van der Waals surface area (Å²) in [6.07, 6.45) is -2.19. The van der Waals surface area contributed by atoms with Crippen LogP contribution in [0.5, 0.6) is 0 Å². The number of aliphatic hydroxyl groups excluding tert-OH is 1. The quantitative estimate of drug-likeness (QED) is 0.621. The standard InChI is InChI=1S/C7H13FO3/c1-3-5(9)4-6(8)7(10)11-2/h5-6,9H,3-4H2,1-2H3/t5-,6?/m1/s1. The summed E-state index contributed by atoms with van der Waals surface area (Å²) in [4.78, 5) is 10.5. The molecule has 3 nitrogen and oxygen atoms in total. The first-order chi connectivity index (χ1) is 5.11. The Morgan fingerprint density at radius 3 is 2.64 bits per heavy atom. The summed E-state index contributed by atoms with van der Waals surface area (Å²) >= 11 is 0. The highest BCUT2D eigenvalue weighted by molar-refractivity contribution is 5.74. The van der Waals surface area contributed by atoms with E-state index in [2.05, 4.69) is 4.74 Å². The molecule has 66 valence electrons. The van der Waals surface area contributed by atoms with E-state index >= 15 is 0 Å². The molecule has 0 aromatic heterocycles. The topological polar surface area (TPSA) is 46.5 Å². The number of esters is 1. The molecule has 0 amide bonds. The lowest BCUT2D eigenvalue weighted by molar-refractivity contribution is -0.147. The van der Waals surface area contributed by atoms with Gasteiger partial charge in [0.15, 0.2) is 6.17 Å². The Bertz CT molecular complexity index is 127. The van der Waals surface area contributed by atoms with Crippen LogP contribution in [0, 0.1) is 0 Å². The second-order valence-corrected chi connectivity index (χ2v) is 2.29. The van der Waals surface area contributed by atoms with Gasteiger partial charge < -0.3 is 9.84 Å². The van der Waals surface area contributed by atoms with Gasteiger partial charge in [-0.1, -0.05) is 6.92 Å². The highest BCUT2D eigenvalue weighted by Gasteiger charge is 2.20. The number of halogens is 1. The van der Waals surface area contributed by atoms with Gasteiger partial charge in [-0.15, -0.1) is 0 Å². The van der Waals surface area contributed by atoms with Crippen LogP contribution in [-0.4, -0.2) is 30.5 Å². The summed E-state index contributed by atoms with van der Waals surface area (Å²) in [6.45, 7) is 1.72. The van der Waals surface area contributed by atoms with E-state index in [4.69, 9.17) is 5.11 Å². The molecule has 0 aromatic carbocycles. The second-order valence-electron chi connectivity index (χ2n) is 2.29. The summed E-state index contributed by atoms with van der Waals surface area (Å²) in [5.74, 6) is -0.919. The van der Waals surface area contributed by atoms with E-state index in [1.165, 1.54) is 0 Å². The molecule has 0 rings (SSSR count). The number of carbonyl (C=O) groups is 1. The van der Waals surface area contributed by atoms with Crippen molar-refractivity contribution in [2.24, 2.45) is 0 Å². The molecule has 0 saturated heterocycles. The fourth-order valence-electron chi connectivity index (χ4n) is 0.630. The molecule has 11 heavy (non-hydrogen) atoms. The van der Waals surface area contributed by atoms with E-state index in [1.54, 1.807) is 6.92 Å². The molecule has 0 radical (unpaired) electrons. The van der Waals surface area contributed by atoms with Gasteiger partial charge in [-0.3, -0.25) is 0 Å². The van der Waals surface area contributed by atoms with Crippen molar-refractivity contribution in [3.63, 3.8) is 0 Å². The van der Waals surface area contributed by atoms with Gasteiger partial charge in [0.25, 0.3) is 0 Å². The summed E-state index contributed by atoms with van der Waals surface area (Å²) in [7, 11) is 1.12. The average molecular weight is 164 g/mol. The fraction of sp³-hybridized carbons (Fsp3) is 0.857. The molecule has 0 fully saturated rings. The van der Waals surface area contributed by atoms with Gasteiger partial charge in [0.1, 0.15) is 0 Å². The molecule has 0 aliphatic heterocycles. The van der Waals surface area contributed by atoms with Crippen molar-refractivity contribution in [2.75, 3.05) is 7.11 Å². The Morgan fingerprint density at radius 2 is 2.27 bits per heavy atom. The van der Waals surface area contributed by atoms with E-state index in [9.17, 15) is 9.18 Å². The molecule has 0 saturated carbocycles. The molecule has 0 aliphatic rings. The lowest BCUT2D eigenvalue weighted by Crippen LogP contribution is -2.22. The van der Waals surface area contributed by atoms with Gasteiger partial charge in [0.05, 0.1) is 13.2 Å². The lowest BCUT2D eigenvalue weighted by Gasteiger charge is -2.09. The largest absolute Gasteiger partial charge is 0.467 e. The molecule has 0 aromatic rings. The molecule has 4 heteroatoms. The van der Waals surface area contributed by atoms with Gasteiger partial charge in [-0.2, -0.15) is 0 Å². The number of alkyl halides is 1. The third-order valence-corrected chi connectivity index (χ3v) is 1.41. The Kier molecular flexibility index (Phi) is 4.77. The monoisotopic (exact) mass is 164 g/mol. The van der Waals surface area contributed by atoms with Crippen LogP contribution in [0.3, 0.4) is 0 Å². The zero-order valence-corrected chi connectivity index (χ0v) is 6.71. The van der Waals surface area contributed by atoms with Crippen molar-refractivity contribution < 1.29 is 19.0 Å². The maximum atomic E-state index is 12.6. The third kappa shape index (κ3) is 3.93. The highest BCUT2D eigenvalue weighted by atomic mass is 19.1. The SMILES string of the molecule is CC[C@@H](O)CC(F)C(=O)OC.